The highest BCUT2D eigenvalue weighted by atomic mass is 79.9. The van der Waals surface area contributed by atoms with E-state index in [-0.39, 0.29) is 7.43 Å². The van der Waals surface area contributed by atoms with E-state index in [0.29, 0.717) is 6.54 Å². The molecular formula is C27H41BrN2. The smallest absolute Gasteiger partial charge is 0.0233 e. The van der Waals surface area contributed by atoms with Crippen LogP contribution in [0.1, 0.15) is 37.8 Å². The third-order valence-corrected chi connectivity index (χ3v) is 4.40. The van der Waals surface area contributed by atoms with E-state index in [0.717, 1.165) is 44.2 Å². The van der Waals surface area contributed by atoms with Gasteiger partial charge < -0.3 is 5.73 Å². The first kappa shape index (κ1) is 30.3. The van der Waals surface area contributed by atoms with Gasteiger partial charge in [-0.3, -0.25) is 4.90 Å². The molecule has 2 rings (SSSR count). The van der Waals surface area contributed by atoms with Gasteiger partial charge in [0.25, 0.3) is 0 Å². The second-order valence-electron chi connectivity index (χ2n) is 6.37. The first-order valence-corrected chi connectivity index (χ1v) is 11.2. The number of hydrogen-bond donors (Lipinski definition) is 1. The summed E-state index contributed by atoms with van der Waals surface area (Å²) < 4.78 is 0. The van der Waals surface area contributed by atoms with E-state index in [1.807, 2.05) is 48.6 Å². The fraction of sp³-hybridized carbons (Fsp3) is 0.333. The number of benzene rings is 2. The quantitative estimate of drug-likeness (QED) is 0.273. The molecule has 0 atom stereocenters. The lowest BCUT2D eigenvalue weighted by Crippen LogP contribution is -2.25. The van der Waals surface area contributed by atoms with E-state index < -0.39 is 0 Å². The van der Waals surface area contributed by atoms with Crippen LogP contribution in [0.3, 0.4) is 0 Å². The molecule has 0 aliphatic heterocycles. The normalized spacial score (nSPS) is 9.17. The third-order valence-electron chi connectivity index (χ3n) is 3.94. The van der Waals surface area contributed by atoms with Crippen molar-refractivity contribution in [3.8, 4) is 0 Å². The summed E-state index contributed by atoms with van der Waals surface area (Å²) in [6, 6.07) is 20.6. The molecule has 0 radical (unpaired) electrons. The fourth-order valence-corrected chi connectivity index (χ4v) is 2.67. The molecule has 0 unspecified atom stereocenters. The van der Waals surface area contributed by atoms with Crippen molar-refractivity contribution in [3.05, 3.63) is 110 Å². The van der Waals surface area contributed by atoms with Gasteiger partial charge >= 0.3 is 0 Å². The van der Waals surface area contributed by atoms with Gasteiger partial charge in [-0.25, -0.2) is 0 Å². The zero-order valence-corrected chi connectivity index (χ0v) is 19.3. The molecule has 0 fully saturated rings. The van der Waals surface area contributed by atoms with Crippen molar-refractivity contribution < 1.29 is 0 Å². The van der Waals surface area contributed by atoms with Gasteiger partial charge in [0.1, 0.15) is 0 Å². The number of allylic oxidation sites excluding steroid dienone is 1. The topological polar surface area (TPSA) is 29.3 Å². The Morgan fingerprint density at radius 2 is 1.17 bits per heavy atom. The van der Waals surface area contributed by atoms with Gasteiger partial charge in [-0.2, -0.15) is 0 Å². The predicted molar refractivity (Wildman–Crippen MR) is 141 cm³/mol. The standard InChI is InChI=1S/C15H21N.C7H9N.C4H7Br.CH4/c1-3-5-12-16(13-6-4-2)14-15-10-8-7-9-11-15;8-6-7-4-2-1-3-5-7;1-2-3-4-5;/h3-4,7-11H,1-2,5-6,12-14H2;1-5H,6,8H2;2H,1,3-4H2;1H4. The molecule has 0 amide bonds. The second kappa shape index (κ2) is 23.3. The molecule has 0 saturated heterocycles. The van der Waals surface area contributed by atoms with Crippen molar-refractivity contribution in [1.29, 1.82) is 0 Å². The van der Waals surface area contributed by atoms with Crippen molar-refractivity contribution in [2.75, 3.05) is 18.4 Å². The highest BCUT2D eigenvalue weighted by Crippen LogP contribution is 2.06. The zero-order chi connectivity index (χ0) is 21.6. The number of hydrogen-bond acceptors (Lipinski definition) is 2. The Balaban J connectivity index is 0. The second-order valence-corrected chi connectivity index (χ2v) is 7.17. The molecule has 0 saturated carbocycles. The van der Waals surface area contributed by atoms with Crippen molar-refractivity contribution in [2.45, 2.75) is 39.8 Å². The van der Waals surface area contributed by atoms with E-state index in [2.05, 4.69) is 70.9 Å². The molecule has 2 nitrogen and oxygen atoms in total. The van der Waals surface area contributed by atoms with Crippen LogP contribution in [0.25, 0.3) is 0 Å². The molecule has 30 heavy (non-hydrogen) atoms. The lowest BCUT2D eigenvalue weighted by molar-refractivity contribution is 0.276. The molecule has 2 aromatic rings. The highest BCUT2D eigenvalue weighted by Gasteiger charge is 2.03. The highest BCUT2D eigenvalue weighted by molar-refractivity contribution is 9.09. The summed E-state index contributed by atoms with van der Waals surface area (Å²) in [5.74, 6) is 0. The molecule has 166 valence electrons. The first-order chi connectivity index (χ1) is 14.2. The summed E-state index contributed by atoms with van der Waals surface area (Å²) in [4.78, 5) is 2.44. The number of nitrogens with two attached hydrogens (primary N) is 1. The van der Waals surface area contributed by atoms with Crippen LogP contribution in [0.15, 0.2) is 98.6 Å². The van der Waals surface area contributed by atoms with Gasteiger partial charge in [-0.05, 0) is 30.4 Å². The molecule has 0 aromatic heterocycles. The Morgan fingerprint density at radius 3 is 1.47 bits per heavy atom. The Hall–Kier alpha value is -1.94. The minimum atomic E-state index is 0. The SMILES string of the molecule is C.C=CCCBr.C=CCCN(CCC=C)Cc1ccccc1.NCc1ccccc1. The average Bonchev–Trinajstić information content (AvgIpc) is 2.78. The summed E-state index contributed by atoms with van der Waals surface area (Å²) >= 11 is 3.24. The fourth-order valence-electron chi connectivity index (χ4n) is 2.35. The van der Waals surface area contributed by atoms with Crippen molar-refractivity contribution in [3.63, 3.8) is 0 Å². The van der Waals surface area contributed by atoms with Crippen LogP contribution in [0.4, 0.5) is 0 Å². The molecule has 0 spiro atoms. The maximum absolute atomic E-state index is 5.35. The molecular weight excluding hydrogens is 432 g/mol. The van der Waals surface area contributed by atoms with Gasteiger partial charge in [0.2, 0.25) is 0 Å². The van der Waals surface area contributed by atoms with Gasteiger partial charge in [0.15, 0.2) is 0 Å². The Morgan fingerprint density at radius 1 is 0.733 bits per heavy atom. The minimum Gasteiger partial charge on any atom is -0.326 e. The molecule has 2 N–H and O–H groups in total. The van der Waals surface area contributed by atoms with Crippen LogP contribution in [-0.2, 0) is 13.1 Å². The van der Waals surface area contributed by atoms with E-state index in [4.69, 9.17) is 5.73 Å². The zero-order valence-electron chi connectivity index (χ0n) is 17.7. The van der Waals surface area contributed by atoms with Gasteiger partial charge in [-0.15, -0.1) is 19.7 Å². The molecule has 0 aliphatic carbocycles. The van der Waals surface area contributed by atoms with Gasteiger partial charge in [0.05, 0.1) is 0 Å². The number of nitrogens with zero attached hydrogens (tertiary/aromatic N) is 1. The molecule has 0 heterocycles. The molecule has 2 aromatic carbocycles. The maximum Gasteiger partial charge on any atom is 0.0233 e. The van der Waals surface area contributed by atoms with E-state index in [9.17, 15) is 0 Å². The monoisotopic (exact) mass is 472 g/mol. The summed E-state index contributed by atoms with van der Waals surface area (Å²) in [6.45, 7) is 14.9. The Kier molecular flexibility index (Phi) is 23.5. The minimum absolute atomic E-state index is 0. The van der Waals surface area contributed by atoms with Crippen LogP contribution in [0.5, 0.6) is 0 Å². The third kappa shape index (κ3) is 18.1. The lowest BCUT2D eigenvalue weighted by atomic mass is 10.2. The maximum atomic E-state index is 5.35. The summed E-state index contributed by atoms with van der Waals surface area (Å²) in [7, 11) is 0. The molecule has 0 bridgehead atoms. The average molecular weight is 474 g/mol. The van der Waals surface area contributed by atoms with Gasteiger partial charge in [0, 0.05) is 31.5 Å². The number of halogens is 1. The largest absolute Gasteiger partial charge is 0.326 e. The Labute approximate surface area is 194 Å². The molecule has 3 heteroatoms. The Bertz CT molecular complexity index is 614. The first-order valence-electron chi connectivity index (χ1n) is 10.1. The number of alkyl halides is 1. The van der Waals surface area contributed by atoms with Crippen LogP contribution in [0, 0.1) is 0 Å². The van der Waals surface area contributed by atoms with Crippen LogP contribution < -0.4 is 5.73 Å². The lowest BCUT2D eigenvalue weighted by Gasteiger charge is -2.21. The van der Waals surface area contributed by atoms with E-state index in [1.165, 1.54) is 11.1 Å². The van der Waals surface area contributed by atoms with Crippen LogP contribution in [0.2, 0.25) is 0 Å². The molecule has 0 aliphatic rings. The summed E-state index contributed by atoms with van der Waals surface area (Å²) in [6.07, 6.45) is 9.00. The van der Waals surface area contributed by atoms with Crippen molar-refractivity contribution in [2.24, 2.45) is 5.73 Å². The van der Waals surface area contributed by atoms with Crippen LogP contribution >= 0.6 is 15.9 Å². The summed E-state index contributed by atoms with van der Waals surface area (Å²) in [5, 5.41) is 1.04. The van der Waals surface area contributed by atoms with Crippen molar-refractivity contribution >= 4 is 15.9 Å². The van der Waals surface area contributed by atoms with Gasteiger partial charge in [-0.1, -0.05) is 102 Å². The van der Waals surface area contributed by atoms with E-state index >= 15 is 0 Å². The van der Waals surface area contributed by atoms with Crippen LogP contribution in [-0.4, -0.2) is 23.3 Å². The number of rotatable bonds is 11. The summed E-state index contributed by atoms with van der Waals surface area (Å²) in [5.41, 5.74) is 7.91. The van der Waals surface area contributed by atoms with E-state index in [1.54, 1.807) is 0 Å². The predicted octanol–water partition coefficient (Wildman–Crippen LogP) is 7.38. The van der Waals surface area contributed by atoms with Crippen molar-refractivity contribution in [1.82, 2.24) is 4.90 Å².